The van der Waals surface area contributed by atoms with Crippen molar-refractivity contribution in [1.82, 2.24) is 10.6 Å². The maximum Gasteiger partial charge on any atom is 0.191 e. The SMILES string of the molecule is CN=C(NCCc1ccc(S(C)(=O)=O)cc1)NC(C)c1ccc2c(c1)CCCC2. The highest BCUT2D eigenvalue weighted by Gasteiger charge is 2.13. The molecule has 0 aromatic heterocycles. The maximum atomic E-state index is 11.5. The van der Waals surface area contributed by atoms with Gasteiger partial charge in [-0.25, -0.2) is 8.42 Å². The summed E-state index contributed by atoms with van der Waals surface area (Å²) in [5, 5.41) is 6.81. The number of aliphatic imine (C=N–C) groups is 1. The maximum absolute atomic E-state index is 11.5. The Morgan fingerprint density at radius 2 is 1.76 bits per heavy atom. The summed E-state index contributed by atoms with van der Waals surface area (Å²) in [6.07, 6.45) is 6.98. The van der Waals surface area contributed by atoms with Gasteiger partial charge in [0.15, 0.2) is 15.8 Å². The number of nitrogens with one attached hydrogen (secondary N) is 2. The molecule has 0 heterocycles. The van der Waals surface area contributed by atoms with E-state index in [1.165, 1.54) is 48.6 Å². The fourth-order valence-electron chi connectivity index (χ4n) is 3.73. The van der Waals surface area contributed by atoms with E-state index in [9.17, 15) is 8.42 Å². The first-order valence-corrected chi connectivity index (χ1v) is 12.1. The molecule has 1 aliphatic carbocycles. The second-order valence-corrected chi connectivity index (χ2v) is 9.78. The van der Waals surface area contributed by atoms with Crippen molar-refractivity contribution in [3.63, 3.8) is 0 Å². The topological polar surface area (TPSA) is 70.6 Å². The standard InChI is InChI=1S/C23H31N3O2S/c1-17(20-11-10-19-6-4-5-7-21(19)16-20)26-23(24-2)25-15-14-18-8-12-22(13-9-18)29(3,27)28/h8-13,16-17H,4-7,14-15H2,1-3H3,(H2,24,25,26). The van der Waals surface area contributed by atoms with Crippen LogP contribution < -0.4 is 10.6 Å². The fraction of sp³-hybridized carbons (Fsp3) is 0.435. The zero-order valence-electron chi connectivity index (χ0n) is 17.5. The minimum Gasteiger partial charge on any atom is -0.356 e. The van der Waals surface area contributed by atoms with Crippen molar-refractivity contribution < 1.29 is 8.42 Å². The number of fused-ring (bicyclic) bond motifs is 1. The summed E-state index contributed by atoms with van der Waals surface area (Å²) >= 11 is 0. The van der Waals surface area contributed by atoms with Gasteiger partial charge in [0.2, 0.25) is 0 Å². The van der Waals surface area contributed by atoms with Crippen molar-refractivity contribution in [3.8, 4) is 0 Å². The van der Waals surface area contributed by atoms with E-state index in [1.54, 1.807) is 19.2 Å². The Kier molecular flexibility index (Phi) is 6.96. The summed E-state index contributed by atoms with van der Waals surface area (Å²) in [4.78, 5) is 4.69. The molecule has 0 bridgehead atoms. The van der Waals surface area contributed by atoms with Crippen LogP contribution >= 0.6 is 0 Å². The van der Waals surface area contributed by atoms with Crippen LogP contribution in [0.5, 0.6) is 0 Å². The normalized spacial score (nSPS) is 15.5. The van der Waals surface area contributed by atoms with Crippen molar-refractivity contribution in [2.24, 2.45) is 4.99 Å². The largest absolute Gasteiger partial charge is 0.356 e. The number of benzene rings is 2. The van der Waals surface area contributed by atoms with Gasteiger partial charge < -0.3 is 10.6 Å². The van der Waals surface area contributed by atoms with Crippen LogP contribution in [0.2, 0.25) is 0 Å². The summed E-state index contributed by atoms with van der Waals surface area (Å²) in [5.74, 6) is 0.767. The highest BCUT2D eigenvalue weighted by Crippen LogP contribution is 2.24. The first-order valence-electron chi connectivity index (χ1n) is 10.2. The van der Waals surface area contributed by atoms with E-state index < -0.39 is 9.84 Å². The average molecular weight is 414 g/mol. The molecule has 1 atom stereocenters. The van der Waals surface area contributed by atoms with Gasteiger partial charge >= 0.3 is 0 Å². The lowest BCUT2D eigenvalue weighted by Crippen LogP contribution is -2.39. The van der Waals surface area contributed by atoms with Gasteiger partial charge in [-0.15, -0.1) is 0 Å². The quantitative estimate of drug-likeness (QED) is 0.562. The first kappa shape index (κ1) is 21.4. The molecule has 0 amide bonds. The molecule has 3 rings (SSSR count). The predicted octanol–water partition coefficient (Wildman–Crippen LogP) is 3.44. The molecular formula is C23H31N3O2S. The highest BCUT2D eigenvalue weighted by atomic mass is 32.2. The highest BCUT2D eigenvalue weighted by molar-refractivity contribution is 7.90. The number of hydrogen-bond donors (Lipinski definition) is 2. The van der Waals surface area contributed by atoms with Crippen LogP contribution in [0.15, 0.2) is 52.4 Å². The van der Waals surface area contributed by atoms with Crippen LogP contribution in [0.4, 0.5) is 0 Å². The Morgan fingerprint density at radius 1 is 1.07 bits per heavy atom. The Hall–Kier alpha value is -2.34. The van der Waals surface area contributed by atoms with Crippen molar-refractivity contribution in [3.05, 3.63) is 64.7 Å². The molecule has 0 saturated carbocycles. The molecule has 0 aliphatic heterocycles. The van der Waals surface area contributed by atoms with Crippen LogP contribution in [-0.2, 0) is 29.1 Å². The van der Waals surface area contributed by atoms with Gasteiger partial charge in [-0.05, 0) is 73.4 Å². The molecular weight excluding hydrogens is 382 g/mol. The molecule has 2 N–H and O–H groups in total. The van der Waals surface area contributed by atoms with E-state index in [0.717, 1.165) is 24.5 Å². The molecule has 0 fully saturated rings. The van der Waals surface area contributed by atoms with Crippen LogP contribution in [0, 0.1) is 0 Å². The molecule has 5 nitrogen and oxygen atoms in total. The smallest absolute Gasteiger partial charge is 0.191 e. The Bertz CT molecular complexity index is 966. The molecule has 0 saturated heterocycles. The summed E-state index contributed by atoms with van der Waals surface area (Å²) < 4.78 is 23.1. The van der Waals surface area contributed by atoms with E-state index in [2.05, 4.69) is 40.7 Å². The number of nitrogens with zero attached hydrogens (tertiary/aromatic N) is 1. The van der Waals surface area contributed by atoms with Gasteiger partial charge in [0.05, 0.1) is 10.9 Å². The second kappa shape index (κ2) is 9.44. The predicted molar refractivity (Wildman–Crippen MR) is 119 cm³/mol. The van der Waals surface area contributed by atoms with Gasteiger partial charge in [-0.3, -0.25) is 4.99 Å². The Balaban J connectivity index is 1.53. The lowest BCUT2D eigenvalue weighted by atomic mass is 9.89. The minimum atomic E-state index is -3.15. The lowest BCUT2D eigenvalue weighted by molar-refractivity contribution is 0.602. The number of rotatable bonds is 6. The van der Waals surface area contributed by atoms with Crippen LogP contribution in [-0.4, -0.2) is 34.2 Å². The third-order valence-electron chi connectivity index (χ3n) is 5.51. The molecule has 1 unspecified atom stereocenters. The van der Waals surface area contributed by atoms with Crippen molar-refractivity contribution in [1.29, 1.82) is 0 Å². The van der Waals surface area contributed by atoms with Crippen molar-refractivity contribution in [2.45, 2.75) is 50.0 Å². The summed E-state index contributed by atoms with van der Waals surface area (Å²) in [5.41, 5.74) is 5.35. The van der Waals surface area contributed by atoms with E-state index in [4.69, 9.17) is 0 Å². The average Bonchev–Trinajstić information content (AvgIpc) is 2.72. The Labute approximate surface area is 174 Å². The second-order valence-electron chi connectivity index (χ2n) is 7.77. The zero-order chi connectivity index (χ0) is 20.9. The van der Waals surface area contributed by atoms with E-state index in [0.29, 0.717) is 4.90 Å². The van der Waals surface area contributed by atoms with E-state index in [1.807, 2.05) is 12.1 Å². The minimum absolute atomic E-state index is 0.169. The van der Waals surface area contributed by atoms with Crippen molar-refractivity contribution >= 4 is 15.8 Å². The molecule has 6 heteroatoms. The Morgan fingerprint density at radius 3 is 2.41 bits per heavy atom. The number of aryl methyl sites for hydroxylation is 2. The monoisotopic (exact) mass is 413 g/mol. The first-order chi connectivity index (χ1) is 13.9. The van der Waals surface area contributed by atoms with Crippen LogP contribution in [0.3, 0.4) is 0 Å². The molecule has 1 aliphatic rings. The van der Waals surface area contributed by atoms with Gasteiger partial charge in [-0.2, -0.15) is 0 Å². The fourth-order valence-corrected chi connectivity index (χ4v) is 4.36. The number of sulfone groups is 1. The molecule has 29 heavy (non-hydrogen) atoms. The molecule has 0 spiro atoms. The van der Waals surface area contributed by atoms with E-state index in [-0.39, 0.29) is 6.04 Å². The summed E-state index contributed by atoms with van der Waals surface area (Å²) in [6.45, 7) is 2.87. The van der Waals surface area contributed by atoms with Gasteiger partial charge in [0.25, 0.3) is 0 Å². The number of guanidine groups is 1. The van der Waals surface area contributed by atoms with Gasteiger partial charge in [0, 0.05) is 19.8 Å². The molecule has 2 aromatic carbocycles. The van der Waals surface area contributed by atoms with Gasteiger partial charge in [-0.1, -0.05) is 30.3 Å². The molecule has 156 valence electrons. The summed E-state index contributed by atoms with van der Waals surface area (Å²) in [6, 6.07) is 14.1. The van der Waals surface area contributed by atoms with Crippen LogP contribution in [0.1, 0.15) is 48.1 Å². The number of hydrogen-bond acceptors (Lipinski definition) is 3. The summed E-state index contributed by atoms with van der Waals surface area (Å²) in [7, 11) is -1.37. The third-order valence-corrected chi connectivity index (χ3v) is 6.64. The molecule has 2 aromatic rings. The van der Waals surface area contributed by atoms with E-state index >= 15 is 0 Å². The van der Waals surface area contributed by atoms with Crippen molar-refractivity contribution in [2.75, 3.05) is 19.8 Å². The third kappa shape index (κ3) is 5.82. The van der Waals surface area contributed by atoms with Gasteiger partial charge in [0.1, 0.15) is 0 Å². The van der Waals surface area contributed by atoms with Crippen LogP contribution in [0.25, 0.3) is 0 Å². The lowest BCUT2D eigenvalue weighted by Gasteiger charge is -2.21. The zero-order valence-corrected chi connectivity index (χ0v) is 18.3. The molecule has 0 radical (unpaired) electrons.